The Hall–Kier alpha value is -1.50. The molecule has 0 aromatic carbocycles. The summed E-state index contributed by atoms with van der Waals surface area (Å²) in [6, 6.07) is 0.0675. The summed E-state index contributed by atoms with van der Waals surface area (Å²) in [5, 5.41) is 14.7. The smallest absolute Gasteiger partial charge is 0.317 e. The van der Waals surface area contributed by atoms with Crippen molar-refractivity contribution in [2.75, 3.05) is 26.2 Å². The van der Waals surface area contributed by atoms with Crippen molar-refractivity contribution in [3.63, 3.8) is 0 Å². The Morgan fingerprint density at radius 2 is 1.95 bits per heavy atom. The third-order valence-electron chi connectivity index (χ3n) is 3.30. The molecule has 7 nitrogen and oxygen atoms in total. The summed E-state index contributed by atoms with van der Waals surface area (Å²) in [4.78, 5) is 15.8. The standard InChI is InChI=1S/C12H25N5O2/c1-4-10(11(13)15-19)16-5-7-17(8-6-16)12(18)14-9(2)3/h9-10,19H,4-8H2,1-3H3,(H2,13,15)(H,14,18). The summed E-state index contributed by atoms with van der Waals surface area (Å²) in [6.45, 7) is 8.68. The number of carbonyl (C=O) groups is 1. The highest BCUT2D eigenvalue weighted by atomic mass is 16.4. The minimum Gasteiger partial charge on any atom is -0.409 e. The number of amides is 2. The van der Waals surface area contributed by atoms with E-state index in [1.807, 2.05) is 20.8 Å². The molecule has 0 saturated carbocycles. The Balaban J connectivity index is 2.50. The van der Waals surface area contributed by atoms with E-state index < -0.39 is 0 Å². The summed E-state index contributed by atoms with van der Waals surface area (Å²) in [7, 11) is 0. The first-order valence-corrected chi connectivity index (χ1v) is 6.76. The molecule has 1 aliphatic heterocycles. The van der Waals surface area contributed by atoms with Crippen LogP contribution in [0.1, 0.15) is 27.2 Å². The number of piperazine rings is 1. The highest BCUT2D eigenvalue weighted by Gasteiger charge is 2.27. The largest absolute Gasteiger partial charge is 0.409 e. The molecule has 1 unspecified atom stereocenters. The van der Waals surface area contributed by atoms with Crippen molar-refractivity contribution in [2.24, 2.45) is 10.9 Å². The van der Waals surface area contributed by atoms with E-state index in [1.165, 1.54) is 0 Å². The van der Waals surface area contributed by atoms with Gasteiger partial charge in [0, 0.05) is 32.2 Å². The third-order valence-corrected chi connectivity index (χ3v) is 3.30. The van der Waals surface area contributed by atoms with Crippen molar-refractivity contribution >= 4 is 11.9 Å². The molecule has 1 saturated heterocycles. The second-order valence-corrected chi connectivity index (χ2v) is 5.08. The van der Waals surface area contributed by atoms with Crippen LogP contribution < -0.4 is 11.1 Å². The van der Waals surface area contributed by atoms with Gasteiger partial charge in [0.1, 0.15) is 0 Å². The first kappa shape index (κ1) is 15.6. The predicted molar refractivity (Wildman–Crippen MR) is 74.3 cm³/mol. The highest BCUT2D eigenvalue weighted by Crippen LogP contribution is 2.10. The lowest BCUT2D eigenvalue weighted by Gasteiger charge is -2.38. The first-order valence-electron chi connectivity index (χ1n) is 6.76. The van der Waals surface area contributed by atoms with Gasteiger partial charge in [0.05, 0.1) is 6.04 Å². The molecule has 0 aliphatic carbocycles. The molecule has 4 N–H and O–H groups in total. The Morgan fingerprint density at radius 1 is 1.37 bits per heavy atom. The van der Waals surface area contributed by atoms with Gasteiger partial charge in [-0.05, 0) is 20.3 Å². The fraction of sp³-hybridized carbons (Fsp3) is 0.833. The van der Waals surface area contributed by atoms with Gasteiger partial charge >= 0.3 is 6.03 Å². The van der Waals surface area contributed by atoms with Crippen molar-refractivity contribution in [3.8, 4) is 0 Å². The van der Waals surface area contributed by atoms with Gasteiger partial charge in [-0.15, -0.1) is 0 Å². The summed E-state index contributed by atoms with van der Waals surface area (Å²) in [5.74, 6) is 0.239. The van der Waals surface area contributed by atoms with Crippen molar-refractivity contribution in [1.82, 2.24) is 15.1 Å². The van der Waals surface area contributed by atoms with E-state index in [2.05, 4.69) is 15.4 Å². The van der Waals surface area contributed by atoms with Gasteiger partial charge in [-0.3, -0.25) is 4.90 Å². The van der Waals surface area contributed by atoms with Gasteiger partial charge in [0.2, 0.25) is 0 Å². The quantitative estimate of drug-likeness (QED) is 0.295. The Bertz CT molecular complexity index is 324. The van der Waals surface area contributed by atoms with Crippen LogP contribution in [0.5, 0.6) is 0 Å². The second kappa shape index (κ2) is 7.18. The monoisotopic (exact) mass is 271 g/mol. The minimum absolute atomic E-state index is 0.0218. The van der Waals surface area contributed by atoms with Crippen LogP contribution in [-0.4, -0.2) is 65.1 Å². The maximum atomic E-state index is 11.9. The van der Waals surface area contributed by atoms with Crippen LogP contribution in [0.4, 0.5) is 4.79 Å². The van der Waals surface area contributed by atoms with Crippen molar-refractivity contribution in [1.29, 1.82) is 0 Å². The first-order chi connectivity index (χ1) is 8.99. The number of amidine groups is 1. The number of rotatable bonds is 4. The zero-order valence-corrected chi connectivity index (χ0v) is 12.0. The normalized spacial score (nSPS) is 19.6. The molecule has 0 spiro atoms. The Labute approximate surface area is 114 Å². The average Bonchev–Trinajstić information content (AvgIpc) is 2.39. The number of hydrogen-bond donors (Lipinski definition) is 3. The average molecular weight is 271 g/mol. The van der Waals surface area contributed by atoms with Gasteiger partial charge in [-0.25, -0.2) is 4.79 Å². The fourth-order valence-electron chi connectivity index (χ4n) is 2.30. The number of nitrogens with zero attached hydrogens (tertiary/aromatic N) is 3. The lowest BCUT2D eigenvalue weighted by molar-refractivity contribution is 0.123. The van der Waals surface area contributed by atoms with Crippen LogP contribution in [0.3, 0.4) is 0 Å². The van der Waals surface area contributed by atoms with Crippen LogP contribution in [0.2, 0.25) is 0 Å². The number of urea groups is 1. The van der Waals surface area contributed by atoms with Crippen LogP contribution in [0.15, 0.2) is 5.16 Å². The summed E-state index contributed by atoms with van der Waals surface area (Å²) in [6.07, 6.45) is 0.786. The molecule has 7 heteroatoms. The zero-order valence-electron chi connectivity index (χ0n) is 12.0. The molecular formula is C12H25N5O2. The van der Waals surface area contributed by atoms with Crippen molar-refractivity contribution in [2.45, 2.75) is 39.3 Å². The van der Waals surface area contributed by atoms with Gasteiger partial charge in [0.25, 0.3) is 0 Å². The lowest BCUT2D eigenvalue weighted by Crippen LogP contribution is -2.57. The van der Waals surface area contributed by atoms with E-state index in [9.17, 15) is 4.79 Å². The molecule has 1 atom stereocenters. The topological polar surface area (TPSA) is 94.2 Å². The van der Waals surface area contributed by atoms with E-state index in [4.69, 9.17) is 10.9 Å². The van der Waals surface area contributed by atoms with Gasteiger partial charge in [-0.2, -0.15) is 0 Å². The predicted octanol–water partition coefficient (Wildman–Crippen LogP) is 0.247. The minimum atomic E-state index is -0.0553. The van der Waals surface area contributed by atoms with Gasteiger partial charge in [0.15, 0.2) is 5.84 Å². The molecule has 0 aromatic heterocycles. The van der Waals surface area contributed by atoms with Crippen molar-refractivity contribution in [3.05, 3.63) is 0 Å². The van der Waals surface area contributed by atoms with Gasteiger partial charge < -0.3 is 21.2 Å². The fourth-order valence-corrected chi connectivity index (χ4v) is 2.30. The van der Waals surface area contributed by atoms with E-state index in [-0.39, 0.29) is 24.0 Å². The number of nitrogens with one attached hydrogen (secondary N) is 1. The van der Waals surface area contributed by atoms with E-state index in [0.717, 1.165) is 19.5 Å². The SMILES string of the molecule is CCC(C(N)=NO)N1CCN(C(=O)NC(C)C)CC1. The molecule has 2 amide bonds. The molecule has 1 fully saturated rings. The summed E-state index contributed by atoms with van der Waals surface area (Å²) < 4.78 is 0. The Kier molecular flexibility index (Phi) is 5.88. The molecular weight excluding hydrogens is 246 g/mol. The molecule has 1 rings (SSSR count). The van der Waals surface area contributed by atoms with E-state index in [1.54, 1.807) is 4.90 Å². The molecule has 19 heavy (non-hydrogen) atoms. The zero-order chi connectivity index (χ0) is 14.4. The highest BCUT2D eigenvalue weighted by molar-refractivity contribution is 5.85. The van der Waals surface area contributed by atoms with E-state index >= 15 is 0 Å². The Morgan fingerprint density at radius 3 is 2.37 bits per heavy atom. The molecule has 0 bridgehead atoms. The van der Waals surface area contributed by atoms with E-state index in [0.29, 0.717) is 13.1 Å². The molecule has 0 radical (unpaired) electrons. The molecule has 0 aromatic rings. The summed E-state index contributed by atoms with van der Waals surface area (Å²) in [5.41, 5.74) is 5.68. The van der Waals surface area contributed by atoms with Crippen LogP contribution in [-0.2, 0) is 0 Å². The maximum Gasteiger partial charge on any atom is 0.317 e. The van der Waals surface area contributed by atoms with Crippen molar-refractivity contribution < 1.29 is 10.0 Å². The van der Waals surface area contributed by atoms with Gasteiger partial charge in [-0.1, -0.05) is 12.1 Å². The molecule has 1 aliphatic rings. The summed E-state index contributed by atoms with van der Waals surface area (Å²) >= 11 is 0. The number of hydrogen-bond acceptors (Lipinski definition) is 4. The molecule has 110 valence electrons. The third kappa shape index (κ3) is 4.27. The lowest BCUT2D eigenvalue weighted by atomic mass is 10.1. The van der Waals surface area contributed by atoms with Crippen LogP contribution >= 0.6 is 0 Å². The molecule has 1 heterocycles. The maximum absolute atomic E-state index is 11.9. The number of carbonyl (C=O) groups excluding carboxylic acids is 1. The second-order valence-electron chi connectivity index (χ2n) is 5.08. The van der Waals surface area contributed by atoms with Crippen LogP contribution in [0.25, 0.3) is 0 Å². The van der Waals surface area contributed by atoms with Crippen LogP contribution in [0, 0.1) is 0 Å². The number of oxime groups is 1. The number of nitrogens with two attached hydrogens (primary N) is 1.